The van der Waals surface area contributed by atoms with E-state index in [-0.39, 0.29) is 12.1 Å². The molecule has 150 valence electrons. The Labute approximate surface area is 179 Å². The predicted octanol–water partition coefficient (Wildman–Crippen LogP) is 7.31. The van der Waals surface area contributed by atoms with Crippen molar-refractivity contribution < 1.29 is 0 Å². The zero-order chi connectivity index (χ0) is 20.8. The summed E-state index contributed by atoms with van der Waals surface area (Å²) in [6.07, 6.45) is 0. The Morgan fingerprint density at radius 1 is 0.433 bits per heavy atom. The average molecular weight is 393 g/mol. The van der Waals surface area contributed by atoms with Gasteiger partial charge < -0.3 is 10.6 Å². The van der Waals surface area contributed by atoms with Crippen LogP contribution in [0.15, 0.2) is 109 Å². The van der Waals surface area contributed by atoms with Gasteiger partial charge in [0, 0.05) is 11.4 Å². The highest BCUT2D eigenvalue weighted by Crippen LogP contribution is 2.35. The Bertz CT molecular complexity index is 950. The number of nitrogens with one attached hydrogen (secondary N) is 2. The minimum absolute atomic E-state index is 0.0518. The number of hydrogen-bond donors (Lipinski definition) is 2. The summed E-state index contributed by atoms with van der Waals surface area (Å²) in [6, 6.07) is 38.6. The smallest absolute Gasteiger partial charge is 0.0757 e. The van der Waals surface area contributed by atoms with Crippen LogP contribution in [0.5, 0.6) is 0 Å². The lowest BCUT2D eigenvalue weighted by atomic mass is 9.91. The molecule has 2 nitrogen and oxygen atoms in total. The molecule has 0 aliphatic heterocycles. The number of aryl methyl sites for hydroxylation is 2. The number of hydrogen-bond acceptors (Lipinski definition) is 2. The van der Waals surface area contributed by atoms with Crippen LogP contribution in [0.2, 0.25) is 0 Å². The molecule has 2 unspecified atom stereocenters. The van der Waals surface area contributed by atoms with Crippen LogP contribution in [0.1, 0.15) is 34.3 Å². The van der Waals surface area contributed by atoms with Crippen molar-refractivity contribution in [3.05, 3.63) is 131 Å². The van der Waals surface area contributed by atoms with Gasteiger partial charge >= 0.3 is 0 Å². The van der Waals surface area contributed by atoms with E-state index in [9.17, 15) is 0 Å². The van der Waals surface area contributed by atoms with Crippen LogP contribution in [0.3, 0.4) is 0 Å². The van der Waals surface area contributed by atoms with Gasteiger partial charge in [-0.05, 0) is 49.2 Å². The monoisotopic (exact) mass is 392 g/mol. The van der Waals surface area contributed by atoms with Crippen LogP contribution in [0.25, 0.3) is 0 Å². The topological polar surface area (TPSA) is 24.1 Å². The summed E-state index contributed by atoms with van der Waals surface area (Å²) in [6.45, 7) is 4.26. The summed E-state index contributed by atoms with van der Waals surface area (Å²) in [7, 11) is 0. The lowest BCUT2D eigenvalue weighted by molar-refractivity contribution is 0.649. The Morgan fingerprint density at radius 3 is 1.10 bits per heavy atom. The predicted molar refractivity (Wildman–Crippen MR) is 128 cm³/mol. The molecule has 4 aromatic rings. The minimum Gasteiger partial charge on any atom is -0.376 e. The highest BCUT2D eigenvalue weighted by atomic mass is 15.0. The molecule has 0 spiro atoms. The van der Waals surface area contributed by atoms with Gasteiger partial charge in [0.25, 0.3) is 0 Å². The fraction of sp³-hybridized carbons (Fsp3) is 0.143. The highest BCUT2D eigenvalue weighted by molar-refractivity contribution is 5.51. The van der Waals surface area contributed by atoms with Crippen molar-refractivity contribution >= 4 is 11.4 Å². The zero-order valence-corrected chi connectivity index (χ0v) is 17.5. The van der Waals surface area contributed by atoms with E-state index in [1.807, 2.05) is 12.1 Å². The second-order valence-corrected chi connectivity index (χ2v) is 7.80. The summed E-state index contributed by atoms with van der Waals surface area (Å²) < 4.78 is 0. The van der Waals surface area contributed by atoms with Crippen molar-refractivity contribution in [1.29, 1.82) is 0 Å². The maximum atomic E-state index is 3.79. The highest BCUT2D eigenvalue weighted by Gasteiger charge is 2.25. The molecule has 0 aliphatic rings. The second-order valence-electron chi connectivity index (χ2n) is 7.80. The van der Waals surface area contributed by atoms with E-state index >= 15 is 0 Å². The molecule has 0 fully saturated rings. The first kappa shape index (κ1) is 19.8. The Balaban J connectivity index is 1.78. The third-order valence-corrected chi connectivity index (χ3v) is 5.40. The van der Waals surface area contributed by atoms with Gasteiger partial charge in [-0.15, -0.1) is 0 Å². The molecule has 0 aromatic heterocycles. The van der Waals surface area contributed by atoms with Crippen LogP contribution in [-0.4, -0.2) is 0 Å². The summed E-state index contributed by atoms with van der Waals surface area (Å²) in [5.74, 6) is 0. The molecule has 0 amide bonds. The van der Waals surface area contributed by atoms with Crippen molar-refractivity contribution in [2.75, 3.05) is 10.6 Å². The summed E-state index contributed by atoms with van der Waals surface area (Å²) in [5, 5.41) is 7.57. The Kier molecular flexibility index (Phi) is 6.14. The standard InChI is InChI=1S/C28H28N2/c1-21-13-17-23(18-14-21)27(29-25-9-5-3-6-10-25)28(24-19-15-22(2)16-20-24)30-26-11-7-4-8-12-26/h3-20,27-30H,1-2H3. The van der Waals surface area contributed by atoms with Gasteiger partial charge in [-0.25, -0.2) is 0 Å². The molecule has 4 rings (SSSR count). The number of rotatable bonds is 7. The van der Waals surface area contributed by atoms with Crippen LogP contribution in [0.4, 0.5) is 11.4 Å². The van der Waals surface area contributed by atoms with Crippen molar-refractivity contribution in [2.45, 2.75) is 25.9 Å². The Morgan fingerprint density at radius 2 is 0.767 bits per heavy atom. The van der Waals surface area contributed by atoms with E-state index in [0.717, 1.165) is 11.4 Å². The largest absolute Gasteiger partial charge is 0.376 e. The minimum atomic E-state index is 0.0518. The zero-order valence-electron chi connectivity index (χ0n) is 17.5. The van der Waals surface area contributed by atoms with Crippen molar-refractivity contribution in [3.8, 4) is 0 Å². The van der Waals surface area contributed by atoms with Crippen LogP contribution in [-0.2, 0) is 0 Å². The molecule has 2 heteroatoms. The molecule has 2 atom stereocenters. The van der Waals surface area contributed by atoms with E-state index in [1.165, 1.54) is 22.3 Å². The molecule has 4 aromatic carbocycles. The van der Waals surface area contributed by atoms with E-state index in [2.05, 4.69) is 122 Å². The van der Waals surface area contributed by atoms with Gasteiger partial charge in [0.1, 0.15) is 0 Å². The average Bonchev–Trinajstić information content (AvgIpc) is 2.79. The molecule has 0 saturated carbocycles. The third kappa shape index (κ3) is 4.90. The van der Waals surface area contributed by atoms with Gasteiger partial charge in [-0.1, -0.05) is 96.1 Å². The van der Waals surface area contributed by atoms with E-state index in [4.69, 9.17) is 0 Å². The van der Waals surface area contributed by atoms with Gasteiger partial charge in [0.2, 0.25) is 0 Å². The van der Waals surface area contributed by atoms with Crippen LogP contribution < -0.4 is 10.6 Å². The maximum absolute atomic E-state index is 3.79. The molecule has 30 heavy (non-hydrogen) atoms. The molecule has 0 heterocycles. The van der Waals surface area contributed by atoms with E-state index in [1.54, 1.807) is 0 Å². The summed E-state index contributed by atoms with van der Waals surface area (Å²) in [5.41, 5.74) is 7.24. The normalized spacial score (nSPS) is 12.7. The van der Waals surface area contributed by atoms with Crippen LogP contribution >= 0.6 is 0 Å². The molecule has 0 radical (unpaired) electrons. The fourth-order valence-electron chi connectivity index (χ4n) is 3.69. The van der Waals surface area contributed by atoms with E-state index in [0.29, 0.717) is 0 Å². The van der Waals surface area contributed by atoms with Crippen LogP contribution in [0, 0.1) is 13.8 Å². The van der Waals surface area contributed by atoms with Crippen molar-refractivity contribution in [3.63, 3.8) is 0 Å². The maximum Gasteiger partial charge on any atom is 0.0757 e. The summed E-state index contributed by atoms with van der Waals surface area (Å²) in [4.78, 5) is 0. The first-order valence-corrected chi connectivity index (χ1v) is 10.5. The number of anilines is 2. The number of benzene rings is 4. The SMILES string of the molecule is Cc1ccc(C(Nc2ccccc2)C(Nc2ccccc2)c2ccc(C)cc2)cc1. The lowest BCUT2D eigenvalue weighted by Crippen LogP contribution is -2.25. The van der Waals surface area contributed by atoms with Crippen molar-refractivity contribution in [1.82, 2.24) is 0 Å². The molecule has 0 aliphatic carbocycles. The second kappa shape index (κ2) is 9.32. The fourth-order valence-corrected chi connectivity index (χ4v) is 3.69. The van der Waals surface area contributed by atoms with Gasteiger partial charge in [0.05, 0.1) is 12.1 Å². The molecular weight excluding hydrogens is 364 g/mol. The summed E-state index contributed by atoms with van der Waals surface area (Å²) >= 11 is 0. The first-order chi connectivity index (χ1) is 14.7. The third-order valence-electron chi connectivity index (χ3n) is 5.40. The van der Waals surface area contributed by atoms with Gasteiger partial charge in [0.15, 0.2) is 0 Å². The van der Waals surface area contributed by atoms with E-state index < -0.39 is 0 Å². The molecule has 0 bridgehead atoms. The van der Waals surface area contributed by atoms with Gasteiger partial charge in [-0.2, -0.15) is 0 Å². The number of para-hydroxylation sites is 2. The molecule has 0 saturated heterocycles. The first-order valence-electron chi connectivity index (χ1n) is 10.5. The quantitative estimate of drug-likeness (QED) is 0.344. The molecular formula is C28H28N2. The van der Waals surface area contributed by atoms with Crippen molar-refractivity contribution in [2.24, 2.45) is 0 Å². The van der Waals surface area contributed by atoms with Gasteiger partial charge in [-0.3, -0.25) is 0 Å². The molecule has 2 N–H and O–H groups in total. The Hall–Kier alpha value is -3.52. The lowest BCUT2D eigenvalue weighted by Gasteiger charge is -2.31.